The molecule has 0 spiro atoms. The summed E-state index contributed by atoms with van der Waals surface area (Å²) in [6, 6.07) is 7.28. The van der Waals surface area contributed by atoms with Gasteiger partial charge in [0.25, 0.3) is 0 Å². The van der Waals surface area contributed by atoms with Gasteiger partial charge < -0.3 is 4.98 Å². The van der Waals surface area contributed by atoms with E-state index in [2.05, 4.69) is 15.3 Å². The standard InChI is InChI=1S/C12H15N3O3S/c1-12(2,19(3,17)18)10(16)15-11-13-8-6-4-5-7-9(8)14-11/h4-7H,1-3H3,(H2,13,14,15,16). The van der Waals surface area contributed by atoms with Gasteiger partial charge in [0.1, 0.15) is 4.75 Å². The second-order valence-corrected chi connectivity index (χ2v) is 7.40. The third-order valence-electron chi connectivity index (χ3n) is 3.10. The van der Waals surface area contributed by atoms with Crippen molar-refractivity contribution in [3.63, 3.8) is 0 Å². The van der Waals surface area contributed by atoms with Gasteiger partial charge in [-0.05, 0) is 26.0 Å². The average molecular weight is 281 g/mol. The van der Waals surface area contributed by atoms with E-state index in [1.807, 2.05) is 18.2 Å². The molecular formula is C12H15N3O3S. The van der Waals surface area contributed by atoms with E-state index < -0.39 is 20.5 Å². The van der Waals surface area contributed by atoms with Crippen LogP contribution in [-0.4, -0.2) is 35.3 Å². The van der Waals surface area contributed by atoms with Gasteiger partial charge in [0.05, 0.1) is 11.0 Å². The number of hydrogen-bond donors (Lipinski definition) is 2. The summed E-state index contributed by atoms with van der Waals surface area (Å²) >= 11 is 0. The Bertz CT molecular complexity index is 699. The molecule has 0 saturated carbocycles. The number of carbonyl (C=O) groups is 1. The number of hydrogen-bond acceptors (Lipinski definition) is 4. The number of carbonyl (C=O) groups excluding carboxylic acids is 1. The minimum absolute atomic E-state index is 0.239. The van der Waals surface area contributed by atoms with E-state index in [0.717, 1.165) is 11.8 Å². The first kappa shape index (κ1) is 13.5. The van der Waals surface area contributed by atoms with Gasteiger partial charge >= 0.3 is 0 Å². The molecular weight excluding hydrogens is 266 g/mol. The number of anilines is 1. The molecule has 1 aromatic carbocycles. The van der Waals surface area contributed by atoms with Crippen molar-refractivity contribution in [3.05, 3.63) is 24.3 Å². The molecule has 0 aliphatic rings. The number of fused-ring (bicyclic) bond motifs is 1. The summed E-state index contributed by atoms with van der Waals surface area (Å²) in [7, 11) is -3.51. The minimum atomic E-state index is -3.51. The Hall–Kier alpha value is -1.89. The SMILES string of the molecule is CC(C)(C(=O)Nc1nc2ccccc2[nH]1)S(C)(=O)=O. The minimum Gasteiger partial charge on any atom is -0.324 e. The van der Waals surface area contributed by atoms with Gasteiger partial charge in [-0.25, -0.2) is 13.4 Å². The molecule has 0 saturated heterocycles. The molecule has 1 amide bonds. The van der Waals surface area contributed by atoms with E-state index in [-0.39, 0.29) is 5.95 Å². The highest BCUT2D eigenvalue weighted by Gasteiger charge is 2.38. The van der Waals surface area contributed by atoms with E-state index in [4.69, 9.17) is 0 Å². The maximum atomic E-state index is 12.0. The lowest BCUT2D eigenvalue weighted by atomic mass is 10.2. The molecule has 102 valence electrons. The fourth-order valence-corrected chi connectivity index (χ4v) is 1.83. The molecule has 1 heterocycles. The van der Waals surface area contributed by atoms with Gasteiger partial charge in [-0.1, -0.05) is 12.1 Å². The molecule has 0 aliphatic heterocycles. The summed E-state index contributed by atoms with van der Waals surface area (Å²) in [4.78, 5) is 19.1. The Balaban J connectivity index is 2.29. The molecule has 0 aliphatic carbocycles. The van der Waals surface area contributed by atoms with E-state index in [1.54, 1.807) is 6.07 Å². The molecule has 0 fully saturated rings. The topological polar surface area (TPSA) is 91.9 Å². The van der Waals surface area contributed by atoms with Crippen LogP contribution >= 0.6 is 0 Å². The number of aromatic nitrogens is 2. The quantitative estimate of drug-likeness (QED) is 0.887. The number of sulfone groups is 1. The molecule has 0 unspecified atom stereocenters. The zero-order valence-corrected chi connectivity index (χ0v) is 11.7. The zero-order valence-electron chi connectivity index (χ0n) is 10.9. The Labute approximate surface area is 111 Å². The molecule has 2 rings (SSSR count). The number of para-hydroxylation sites is 2. The number of nitrogens with zero attached hydrogens (tertiary/aromatic N) is 1. The summed E-state index contributed by atoms with van der Waals surface area (Å²) in [6.45, 7) is 2.72. The Kier molecular flexibility index (Phi) is 3.09. The number of benzene rings is 1. The summed E-state index contributed by atoms with van der Waals surface area (Å²) < 4.78 is 21.6. The monoisotopic (exact) mass is 281 g/mol. The van der Waals surface area contributed by atoms with Gasteiger partial charge in [-0.15, -0.1) is 0 Å². The van der Waals surface area contributed by atoms with E-state index in [9.17, 15) is 13.2 Å². The van der Waals surface area contributed by atoms with Gasteiger partial charge in [-0.2, -0.15) is 0 Å². The second kappa shape index (κ2) is 4.34. The number of H-pyrrole nitrogens is 1. The summed E-state index contributed by atoms with van der Waals surface area (Å²) in [5, 5.41) is 2.49. The van der Waals surface area contributed by atoms with Crippen LogP contribution in [0.2, 0.25) is 0 Å². The molecule has 6 nitrogen and oxygen atoms in total. The zero-order chi connectivity index (χ0) is 14.3. The van der Waals surface area contributed by atoms with Crippen LogP contribution in [0.3, 0.4) is 0 Å². The predicted molar refractivity (Wildman–Crippen MR) is 73.6 cm³/mol. The maximum absolute atomic E-state index is 12.0. The van der Waals surface area contributed by atoms with Gasteiger partial charge in [0.2, 0.25) is 11.9 Å². The Morgan fingerprint density at radius 2 is 1.95 bits per heavy atom. The van der Waals surface area contributed by atoms with Crippen molar-refractivity contribution >= 4 is 32.7 Å². The third kappa shape index (κ3) is 2.46. The van der Waals surface area contributed by atoms with Crippen molar-refractivity contribution in [1.29, 1.82) is 0 Å². The highest BCUT2D eigenvalue weighted by Crippen LogP contribution is 2.19. The summed E-state index contributed by atoms with van der Waals surface area (Å²) in [5.41, 5.74) is 1.48. The van der Waals surface area contributed by atoms with Crippen molar-refractivity contribution < 1.29 is 13.2 Å². The van der Waals surface area contributed by atoms with Crippen LogP contribution in [0.5, 0.6) is 0 Å². The lowest BCUT2D eigenvalue weighted by molar-refractivity contribution is -0.117. The fourth-order valence-electron chi connectivity index (χ4n) is 1.44. The Morgan fingerprint density at radius 1 is 1.32 bits per heavy atom. The number of nitrogens with one attached hydrogen (secondary N) is 2. The van der Waals surface area contributed by atoms with Crippen LogP contribution in [0.15, 0.2) is 24.3 Å². The van der Waals surface area contributed by atoms with Crippen molar-refractivity contribution in [3.8, 4) is 0 Å². The molecule has 19 heavy (non-hydrogen) atoms. The summed E-state index contributed by atoms with van der Waals surface area (Å²) in [6.07, 6.45) is 1.03. The van der Waals surface area contributed by atoms with Gasteiger partial charge in [0.15, 0.2) is 9.84 Å². The number of rotatable bonds is 3. The van der Waals surface area contributed by atoms with Crippen LogP contribution in [0, 0.1) is 0 Å². The highest BCUT2D eigenvalue weighted by molar-refractivity contribution is 7.92. The second-order valence-electron chi connectivity index (χ2n) is 4.84. The first-order chi connectivity index (χ1) is 8.72. The molecule has 2 N–H and O–H groups in total. The number of aromatic amines is 1. The highest BCUT2D eigenvalue weighted by atomic mass is 32.2. The van der Waals surface area contributed by atoms with Crippen molar-refractivity contribution in [1.82, 2.24) is 9.97 Å². The van der Waals surface area contributed by atoms with E-state index in [0.29, 0.717) is 5.52 Å². The molecule has 2 aromatic rings. The number of imidazole rings is 1. The maximum Gasteiger partial charge on any atom is 0.247 e. The lowest BCUT2D eigenvalue weighted by Crippen LogP contribution is -2.44. The molecule has 0 atom stereocenters. The van der Waals surface area contributed by atoms with E-state index >= 15 is 0 Å². The number of amides is 1. The van der Waals surface area contributed by atoms with Crippen LogP contribution in [-0.2, 0) is 14.6 Å². The molecule has 7 heteroatoms. The van der Waals surface area contributed by atoms with Gasteiger partial charge in [-0.3, -0.25) is 10.1 Å². The van der Waals surface area contributed by atoms with E-state index in [1.165, 1.54) is 13.8 Å². The fraction of sp³-hybridized carbons (Fsp3) is 0.333. The van der Waals surface area contributed by atoms with Crippen LogP contribution in [0.1, 0.15) is 13.8 Å². The van der Waals surface area contributed by atoms with Crippen molar-refractivity contribution in [2.75, 3.05) is 11.6 Å². The molecule has 0 bridgehead atoms. The third-order valence-corrected chi connectivity index (χ3v) is 5.13. The lowest BCUT2D eigenvalue weighted by Gasteiger charge is -2.20. The average Bonchev–Trinajstić information content (AvgIpc) is 2.69. The Morgan fingerprint density at radius 3 is 2.53 bits per heavy atom. The smallest absolute Gasteiger partial charge is 0.247 e. The molecule has 0 radical (unpaired) electrons. The van der Waals surface area contributed by atoms with Crippen LogP contribution in [0.4, 0.5) is 5.95 Å². The van der Waals surface area contributed by atoms with Crippen molar-refractivity contribution in [2.24, 2.45) is 0 Å². The molecule has 1 aromatic heterocycles. The summed E-state index contributed by atoms with van der Waals surface area (Å²) in [5.74, 6) is -0.378. The van der Waals surface area contributed by atoms with Crippen LogP contribution in [0.25, 0.3) is 11.0 Å². The predicted octanol–water partition coefficient (Wildman–Crippen LogP) is 1.32. The first-order valence-electron chi connectivity index (χ1n) is 5.67. The largest absolute Gasteiger partial charge is 0.324 e. The van der Waals surface area contributed by atoms with Crippen molar-refractivity contribution in [2.45, 2.75) is 18.6 Å². The first-order valence-corrected chi connectivity index (χ1v) is 7.57. The van der Waals surface area contributed by atoms with Gasteiger partial charge in [0, 0.05) is 6.26 Å². The normalized spacial score (nSPS) is 12.6. The van der Waals surface area contributed by atoms with Crippen LogP contribution < -0.4 is 5.32 Å².